The van der Waals surface area contributed by atoms with E-state index in [1.807, 2.05) is 18.5 Å². The Morgan fingerprint density at radius 1 is 1.15 bits per heavy atom. The van der Waals surface area contributed by atoms with Crippen LogP contribution in [0, 0.1) is 25.6 Å². The zero-order valence-corrected chi connectivity index (χ0v) is 20.4. The fourth-order valence-electron chi connectivity index (χ4n) is 3.44. The molecule has 3 aromatic rings. The van der Waals surface area contributed by atoms with Gasteiger partial charge in [0.25, 0.3) is 10.0 Å². The number of anilines is 2. The Bertz CT molecular complexity index is 1290. The van der Waals surface area contributed by atoms with Gasteiger partial charge in [-0.3, -0.25) is 14.2 Å². The van der Waals surface area contributed by atoms with Crippen molar-refractivity contribution >= 4 is 38.9 Å². The van der Waals surface area contributed by atoms with Gasteiger partial charge in [-0.25, -0.2) is 12.8 Å². The molecular weight excluding hydrogens is 467 g/mol. The van der Waals surface area contributed by atoms with Gasteiger partial charge in [0.05, 0.1) is 23.5 Å². The number of hydrogen-bond donors (Lipinski definition) is 2. The monoisotopic (exact) mass is 492 g/mol. The first-order valence-corrected chi connectivity index (χ1v) is 12.2. The van der Waals surface area contributed by atoms with Crippen molar-refractivity contribution in [3.63, 3.8) is 0 Å². The van der Waals surface area contributed by atoms with Crippen molar-refractivity contribution in [2.75, 3.05) is 10.0 Å². The molecule has 33 heavy (non-hydrogen) atoms. The van der Waals surface area contributed by atoms with Gasteiger partial charge in [-0.15, -0.1) is 0 Å². The second-order valence-electron chi connectivity index (χ2n) is 8.18. The number of amides is 1. The molecule has 0 radical (unpaired) electrons. The Labute approximate surface area is 198 Å². The van der Waals surface area contributed by atoms with E-state index >= 15 is 0 Å². The molecule has 7 nitrogen and oxygen atoms in total. The largest absolute Gasteiger partial charge is 0.324 e. The summed E-state index contributed by atoms with van der Waals surface area (Å²) in [6, 6.07) is 9.35. The summed E-state index contributed by atoms with van der Waals surface area (Å²) in [5, 5.41) is 7.53. The van der Waals surface area contributed by atoms with Crippen molar-refractivity contribution < 1.29 is 17.6 Å². The van der Waals surface area contributed by atoms with Crippen molar-refractivity contribution in [3.05, 3.63) is 70.3 Å². The smallest absolute Gasteiger partial charge is 0.264 e. The van der Waals surface area contributed by atoms with Crippen molar-refractivity contribution in [2.45, 2.75) is 45.6 Å². The average molecular weight is 493 g/mol. The molecule has 0 spiro atoms. The van der Waals surface area contributed by atoms with Crippen molar-refractivity contribution in [3.8, 4) is 0 Å². The molecular formula is C23H26ClFN4O3S. The summed E-state index contributed by atoms with van der Waals surface area (Å²) in [4.78, 5) is 12.3. The Morgan fingerprint density at radius 3 is 2.52 bits per heavy atom. The normalized spacial score (nSPS) is 11.6. The van der Waals surface area contributed by atoms with Crippen LogP contribution in [0.4, 0.5) is 15.8 Å². The predicted octanol–water partition coefficient (Wildman–Crippen LogP) is 4.93. The van der Waals surface area contributed by atoms with E-state index in [1.165, 1.54) is 30.3 Å². The third kappa shape index (κ3) is 5.91. The average Bonchev–Trinajstić information content (AvgIpc) is 2.97. The van der Waals surface area contributed by atoms with Gasteiger partial charge in [-0.05, 0) is 50.1 Å². The van der Waals surface area contributed by atoms with E-state index in [2.05, 4.69) is 29.0 Å². The lowest BCUT2D eigenvalue weighted by Gasteiger charge is -2.15. The maximum atomic E-state index is 14.0. The van der Waals surface area contributed by atoms with E-state index in [9.17, 15) is 17.6 Å². The molecule has 2 aromatic carbocycles. The molecule has 0 bridgehead atoms. The van der Waals surface area contributed by atoms with E-state index in [1.54, 1.807) is 0 Å². The molecule has 0 atom stereocenters. The van der Waals surface area contributed by atoms with Gasteiger partial charge in [0.1, 0.15) is 10.7 Å². The minimum atomic E-state index is -4.23. The third-order valence-electron chi connectivity index (χ3n) is 5.03. The third-order valence-corrected chi connectivity index (χ3v) is 6.67. The van der Waals surface area contributed by atoms with Crippen LogP contribution in [-0.4, -0.2) is 24.1 Å². The number of sulfonamides is 1. The van der Waals surface area contributed by atoms with Gasteiger partial charge in [-0.1, -0.05) is 37.6 Å². The van der Waals surface area contributed by atoms with Gasteiger partial charge >= 0.3 is 0 Å². The zero-order valence-electron chi connectivity index (χ0n) is 18.8. The first kappa shape index (κ1) is 24.7. The molecule has 10 heteroatoms. The number of carbonyl (C=O) groups excluding carboxylic acids is 1. The van der Waals surface area contributed by atoms with Crippen LogP contribution in [-0.2, 0) is 27.8 Å². The van der Waals surface area contributed by atoms with Crippen LogP contribution in [0.25, 0.3) is 0 Å². The lowest BCUT2D eigenvalue weighted by atomic mass is 10.1. The van der Waals surface area contributed by atoms with Crippen LogP contribution in [0.2, 0.25) is 5.02 Å². The second-order valence-corrected chi connectivity index (χ2v) is 10.3. The number of nitrogens with one attached hydrogen (secondary N) is 2. The van der Waals surface area contributed by atoms with Gasteiger partial charge in [-0.2, -0.15) is 5.10 Å². The van der Waals surface area contributed by atoms with Crippen LogP contribution in [0.3, 0.4) is 0 Å². The Morgan fingerprint density at radius 2 is 1.85 bits per heavy atom. The molecule has 0 aliphatic heterocycles. The molecule has 176 valence electrons. The molecule has 1 aromatic heterocycles. The van der Waals surface area contributed by atoms with E-state index in [4.69, 9.17) is 11.6 Å². The number of aromatic nitrogens is 2. The van der Waals surface area contributed by atoms with Crippen molar-refractivity contribution in [1.29, 1.82) is 0 Å². The van der Waals surface area contributed by atoms with Crippen molar-refractivity contribution in [1.82, 2.24) is 9.78 Å². The molecule has 0 fully saturated rings. The fourth-order valence-corrected chi connectivity index (χ4v) is 4.77. The van der Waals surface area contributed by atoms with Crippen LogP contribution >= 0.6 is 11.6 Å². The summed E-state index contributed by atoms with van der Waals surface area (Å²) < 4.78 is 43.7. The lowest BCUT2D eigenvalue weighted by Crippen LogP contribution is -2.19. The molecule has 2 N–H and O–H groups in total. The number of aryl methyl sites for hydroxylation is 1. The highest BCUT2D eigenvalue weighted by atomic mass is 35.5. The maximum Gasteiger partial charge on any atom is 0.264 e. The highest BCUT2D eigenvalue weighted by molar-refractivity contribution is 7.92. The summed E-state index contributed by atoms with van der Waals surface area (Å²) in [6.07, 6.45) is 0.0573. The van der Waals surface area contributed by atoms with Gasteiger partial charge in [0, 0.05) is 22.8 Å². The lowest BCUT2D eigenvalue weighted by molar-refractivity contribution is -0.115. The maximum absolute atomic E-state index is 14.0. The molecule has 1 heterocycles. The highest BCUT2D eigenvalue weighted by Crippen LogP contribution is 2.29. The van der Waals surface area contributed by atoms with Gasteiger partial charge in [0.15, 0.2) is 0 Å². The van der Waals surface area contributed by atoms with Crippen LogP contribution in [0.5, 0.6) is 0 Å². The number of halogens is 2. The highest BCUT2D eigenvalue weighted by Gasteiger charge is 2.21. The quantitative estimate of drug-likeness (QED) is 0.466. The number of hydrogen-bond acceptors (Lipinski definition) is 4. The molecule has 0 aliphatic carbocycles. The predicted molar refractivity (Wildman–Crippen MR) is 128 cm³/mol. The summed E-state index contributed by atoms with van der Waals surface area (Å²) in [7, 11) is -4.23. The topological polar surface area (TPSA) is 93.1 Å². The van der Waals surface area contributed by atoms with E-state index in [0.717, 1.165) is 35.6 Å². The number of nitrogens with zero attached hydrogens (tertiary/aromatic N) is 2. The Hall–Kier alpha value is -2.91. The van der Waals surface area contributed by atoms with Crippen LogP contribution in [0.15, 0.2) is 47.4 Å². The summed E-state index contributed by atoms with van der Waals surface area (Å²) in [6.45, 7) is 8.68. The SMILES string of the molecule is Cc1nn(CC(C)C)c(C)c1CC(=O)Nc1cc(Cl)ccc1NS(=O)(=O)c1ccccc1F. The molecule has 1 amide bonds. The molecule has 0 saturated heterocycles. The Balaban J connectivity index is 1.84. The molecule has 0 saturated carbocycles. The van der Waals surface area contributed by atoms with E-state index in [-0.39, 0.29) is 23.7 Å². The fraction of sp³-hybridized carbons (Fsp3) is 0.304. The summed E-state index contributed by atoms with van der Waals surface area (Å²) in [5.41, 5.74) is 2.71. The molecule has 0 aliphatic rings. The first-order valence-electron chi connectivity index (χ1n) is 10.4. The molecule has 3 rings (SSSR count). The van der Waals surface area contributed by atoms with Crippen LogP contribution in [0.1, 0.15) is 30.8 Å². The number of carbonyl (C=O) groups is 1. The second kappa shape index (κ2) is 9.93. The van der Waals surface area contributed by atoms with E-state index < -0.39 is 20.7 Å². The van der Waals surface area contributed by atoms with Gasteiger partial charge < -0.3 is 5.32 Å². The minimum absolute atomic E-state index is 0.0573. The first-order chi connectivity index (χ1) is 15.5. The van der Waals surface area contributed by atoms with Crippen LogP contribution < -0.4 is 10.0 Å². The molecule has 0 unspecified atom stereocenters. The number of rotatable bonds is 8. The van der Waals surface area contributed by atoms with Gasteiger partial charge in [0.2, 0.25) is 5.91 Å². The van der Waals surface area contributed by atoms with E-state index in [0.29, 0.717) is 10.9 Å². The summed E-state index contributed by atoms with van der Waals surface area (Å²) >= 11 is 6.07. The Kier molecular flexibility index (Phi) is 7.44. The summed E-state index contributed by atoms with van der Waals surface area (Å²) in [5.74, 6) is -0.839. The van der Waals surface area contributed by atoms with Crippen molar-refractivity contribution in [2.24, 2.45) is 5.92 Å². The minimum Gasteiger partial charge on any atom is -0.324 e. The zero-order chi connectivity index (χ0) is 24.3. The number of benzene rings is 2. The standard InChI is InChI=1S/C23H26ClFN4O3S/c1-14(2)13-29-16(4)18(15(3)27-29)12-23(30)26-21-11-17(24)9-10-20(21)28-33(31,32)22-8-6-5-7-19(22)25/h5-11,14,28H,12-13H2,1-4H3,(H,26,30).